The predicted molar refractivity (Wildman–Crippen MR) is 127 cm³/mol. The van der Waals surface area contributed by atoms with Gasteiger partial charge in [-0.15, -0.1) is 0 Å². The summed E-state index contributed by atoms with van der Waals surface area (Å²) in [7, 11) is -2.28. The molecule has 1 saturated heterocycles. The zero-order valence-corrected chi connectivity index (χ0v) is 20.8. The molecule has 1 aliphatic rings. The third-order valence-corrected chi connectivity index (χ3v) is 8.41. The minimum Gasteiger partial charge on any atom is -0.462 e. The minimum atomic E-state index is -4.00. The molecule has 1 aromatic heterocycles. The van der Waals surface area contributed by atoms with Gasteiger partial charge in [0.1, 0.15) is 10.5 Å². The van der Waals surface area contributed by atoms with Crippen LogP contribution in [0.3, 0.4) is 0 Å². The second-order valence-corrected chi connectivity index (χ2v) is 10.3. The highest BCUT2D eigenvalue weighted by Gasteiger charge is 2.39. The first-order chi connectivity index (χ1) is 15.6. The molecule has 9 heteroatoms. The van der Waals surface area contributed by atoms with E-state index in [9.17, 15) is 18.0 Å². The highest BCUT2D eigenvalue weighted by molar-refractivity contribution is 7.89. The number of rotatable bonds is 7. The van der Waals surface area contributed by atoms with Crippen molar-refractivity contribution in [3.05, 3.63) is 46.8 Å². The van der Waals surface area contributed by atoms with Gasteiger partial charge in [-0.25, -0.2) is 13.2 Å². The van der Waals surface area contributed by atoms with Crippen molar-refractivity contribution in [2.24, 2.45) is 13.0 Å². The first kappa shape index (κ1) is 25.0. The number of benzene rings is 1. The van der Waals surface area contributed by atoms with E-state index in [0.717, 1.165) is 6.42 Å². The number of carbonyl (C=O) groups excluding carboxylic acids is 2. The maximum atomic E-state index is 13.7. The number of nitrogens with one attached hydrogen (secondary N) is 1. The summed E-state index contributed by atoms with van der Waals surface area (Å²) in [6.07, 6.45) is 2.07. The lowest BCUT2D eigenvalue weighted by Crippen LogP contribution is -2.44. The zero-order valence-electron chi connectivity index (χ0n) is 20.0. The molecule has 3 rings (SSSR count). The Labute approximate surface area is 196 Å². The number of amides is 1. The lowest BCUT2D eigenvalue weighted by molar-refractivity contribution is -0.120. The van der Waals surface area contributed by atoms with Crippen LogP contribution >= 0.6 is 0 Å². The molecule has 2 aromatic rings. The van der Waals surface area contributed by atoms with Crippen LogP contribution in [0.1, 0.15) is 54.0 Å². The lowest BCUT2D eigenvalue weighted by atomic mass is 9.98. The van der Waals surface area contributed by atoms with E-state index in [2.05, 4.69) is 12.2 Å². The van der Waals surface area contributed by atoms with Crippen LogP contribution in [-0.2, 0) is 33.0 Å². The van der Waals surface area contributed by atoms with Crippen molar-refractivity contribution in [3.63, 3.8) is 0 Å². The molecule has 0 bridgehead atoms. The summed E-state index contributed by atoms with van der Waals surface area (Å²) >= 11 is 0. The van der Waals surface area contributed by atoms with E-state index in [0.29, 0.717) is 36.5 Å². The molecule has 1 atom stereocenters. The summed E-state index contributed by atoms with van der Waals surface area (Å²) < 4.78 is 35.5. The number of ether oxygens (including phenoxy) is 1. The molecule has 0 saturated carbocycles. The summed E-state index contributed by atoms with van der Waals surface area (Å²) in [4.78, 5) is 25.5. The molecule has 180 valence electrons. The first-order valence-electron chi connectivity index (χ1n) is 11.3. The van der Waals surface area contributed by atoms with Gasteiger partial charge in [-0.3, -0.25) is 4.79 Å². The molecule has 0 spiro atoms. The molecule has 1 N–H and O–H groups in total. The number of esters is 1. The van der Waals surface area contributed by atoms with Gasteiger partial charge in [-0.1, -0.05) is 19.1 Å². The fourth-order valence-corrected chi connectivity index (χ4v) is 6.25. The van der Waals surface area contributed by atoms with E-state index in [1.807, 2.05) is 24.3 Å². The third kappa shape index (κ3) is 4.99. The number of piperidine rings is 1. The smallest absolute Gasteiger partial charge is 0.341 e. The van der Waals surface area contributed by atoms with E-state index in [4.69, 9.17) is 4.74 Å². The molecule has 0 aliphatic carbocycles. The maximum absolute atomic E-state index is 13.7. The molecule has 33 heavy (non-hydrogen) atoms. The van der Waals surface area contributed by atoms with Crippen LogP contribution < -0.4 is 5.32 Å². The Bertz CT molecular complexity index is 1140. The molecule has 0 radical (unpaired) electrons. The standard InChI is InChI=1S/C24H33N3O5S/c1-6-18-10-12-20(13-11-18)25-23(28)19-9-8-14-27(15-19)33(30,31)22-17(4)26(5)16(3)21(22)24(29)32-7-2/h10-13,19H,6-9,14-15H2,1-5H3,(H,25,28). The van der Waals surface area contributed by atoms with Crippen LogP contribution in [0.2, 0.25) is 0 Å². The topological polar surface area (TPSA) is 97.7 Å². The van der Waals surface area contributed by atoms with Crippen LogP contribution in [-0.4, -0.2) is 48.9 Å². The van der Waals surface area contributed by atoms with Crippen molar-refractivity contribution < 1.29 is 22.7 Å². The van der Waals surface area contributed by atoms with Gasteiger partial charge in [0.15, 0.2) is 0 Å². The molecular formula is C24H33N3O5S. The Morgan fingerprint density at radius 1 is 1.12 bits per heavy atom. The molecule has 1 amide bonds. The zero-order chi connectivity index (χ0) is 24.3. The van der Waals surface area contributed by atoms with Gasteiger partial charge in [0, 0.05) is 37.2 Å². The largest absolute Gasteiger partial charge is 0.462 e. The highest BCUT2D eigenvalue weighted by atomic mass is 32.2. The van der Waals surface area contributed by atoms with Gasteiger partial charge in [0.05, 0.1) is 12.5 Å². The van der Waals surface area contributed by atoms with Crippen LogP contribution in [0.15, 0.2) is 29.2 Å². The van der Waals surface area contributed by atoms with Crippen molar-refractivity contribution in [3.8, 4) is 0 Å². The van der Waals surface area contributed by atoms with Crippen molar-refractivity contribution in [1.82, 2.24) is 8.87 Å². The molecule has 1 aromatic carbocycles. The van der Waals surface area contributed by atoms with Gasteiger partial charge in [0.25, 0.3) is 0 Å². The summed E-state index contributed by atoms with van der Waals surface area (Å²) in [6, 6.07) is 7.64. The number of aryl methyl sites for hydroxylation is 1. The maximum Gasteiger partial charge on any atom is 0.341 e. The number of aromatic nitrogens is 1. The monoisotopic (exact) mass is 475 g/mol. The fourth-order valence-electron chi connectivity index (χ4n) is 4.25. The van der Waals surface area contributed by atoms with E-state index in [1.165, 1.54) is 9.87 Å². The summed E-state index contributed by atoms with van der Waals surface area (Å²) in [5.41, 5.74) is 2.94. The van der Waals surface area contributed by atoms with E-state index in [1.54, 1.807) is 32.4 Å². The number of sulfonamides is 1. The quantitative estimate of drug-likeness (QED) is 0.619. The van der Waals surface area contributed by atoms with Crippen LogP contribution in [0.25, 0.3) is 0 Å². The minimum absolute atomic E-state index is 0.0304. The number of carbonyl (C=O) groups is 2. The number of anilines is 1. The van der Waals surface area contributed by atoms with Gasteiger partial charge < -0.3 is 14.6 Å². The number of hydrogen-bond acceptors (Lipinski definition) is 5. The predicted octanol–water partition coefficient (Wildman–Crippen LogP) is 3.42. The highest BCUT2D eigenvalue weighted by Crippen LogP contribution is 2.32. The summed E-state index contributed by atoms with van der Waals surface area (Å²) in [5.74, 6) is -1.33. The first-order valence-corrected chi connectivity index (χ1v) is 12.8. The Hall–Kier alpha value is -2.65. The second kappa shape index (κ2) is 10.1. The average Bonchev–Trinajstić information content (AvgIpc) is 3.04. The van der Waals surface area contributed by atoms with E-state index >= 15 is 0 Å². The van der Waals surface area contributed by atoms with Crippen molar-refractivity contribution in [2.45, 2.75) is 51.9 Å². The molecule has 1 fully saturated rings. The third-order valence-electron chi connectivity index (χ3n) is 6.39. The van der Waals surface area contributed by atoms with Crippen molar-refractivity contribution in [2.75, 3.05) is 25.0 Å². The number of nitrogens with zero attached hydrogens (tertiary/aromatic N) is 2. The van der Waals surface area contributed by atoms with Crippen LogP contribution in [0.4, 0.5) is 5.69 Å². The molecule has 1 aliphatic heterocycles. The van der Waals surface area contributed by atoms with E-state index < -0.39 is 21.9 Å². The van der Waals surface area contributed by atoms with E-state index in [-0.39, 0.29) is 29.5 Å². The lowest BCUT2D eigenvalue weighted by Gasteiger charge is -2.31. The second-order valence-electron chi connectivity index (χ2n) is 8.40. The van der Waals surface area contributed by atoms with Crippen LogP contribution in [0.5, 0.6) is 0 Å². The van der Waals surface area contributed by atoms with Gasteiger partial charge in [-0.2, -0.15) is 4.31 Å². The number of hydrogen-bond donors (Lipinski definition) is 1. The SMILES string of the molecule is CCOC(=O)c1c(S(=O)(=O)N2CCCC(C(=O)Nc3ccc(CC)cc3)C2)c(C)n(C)c1C. The Morgan fingerprint density at radius 2 is 1.79 bits per heavy atom. The molecule has 8 nitrogen and oxygen atoms in total. The van der Waals surface area contributed by atoms with Gasteiger partial charge >= 0.3 is 5.97 Å². The summed E-state index contributed by atoms with van der Waals surface area (Å²) in [6.45, 7) is 7.64. The Kier molecular flexibility index (Phi) is 7.64. The van der Waals surface area contributed by atoms with Gasteiger partial charge in [0.2, 0.25) is 15.9 Å². The summed E-state index contributed by atoms with van der Waals surface area (Å²) in [5, 5.41) is 2.91. The molecular weight excluding hydrogens is 442 g/mol. The molecule has 1 unspecified atom stereocenters. The Morgan fingerprint density at radius 3 is 2.39 bits per heavy atom. The van der Waals surface area contributed by atoms with Crippen molar-refractivity contribution >= 4 is 27.6 Å². The fraction of sp³-hybridized carbons (Fsp3) is 0.500. The molecule has 2 heterocycles. The average molecular weight is 476 g/mol. The van der Waals surface area contributed by atoms with Crippen LogP contribution in [0, 0.1) is 19.8 Å². The Balaban J connectivity index is 1.85. The van der Waals surface area contributed by atoms with Crippen molar-refractivity contribution in [1.29, 1.82) is 0 Å². The normalized spacial score (nSPS) is 17.1. The van der Waals surface area contributed by atoms with Gasteiger partial charge in [-0.05, 0) is 57.7 Å².